The third-order valence-electron chi connectivity index (χ3n) is 8.11. The Kier molecular flexibility index (Phi) is 16.2. The first-order valence-corrected chi connectivity index (χ1v) is 19.5. The highest BCUT2D eigenvalue weighted by Crippen LogP contribution is 2.42. The molecule has 1 aromatic heterocycles. The molecule has 2 saturated heterocycles. The fraction of sp³-hybridized carbons (Fsp3) is 0.556. The molecule has 1 aromatic carbocycles. The molecule has 0 unspecified atom stereocenters. The number of esters is 6. The summed E-state index contributed by atoms with van der Waals surface area (Å²) in [7, 11) is 0. The van der Waals surface area contributed by atoms with Crippen LogP contribution in [0.3, 0.4) is 0 Å². The number of benzene rings is 1. The number of fused-ring (bicyclic) bond motifs is 1. The Hall–Kier alpha value is -5.06. The molecular formula is C36H44N4O16S2. The van der Waals surface area contributed by atoms with Crippen LogP contribution in [-0.2, 0) is 76.3 Å². The van der Waals surface area contributed by atoms with Gasteiger partial charge in [-0.15, -0.1) is 0 Å². The van der Waals surface area contributed by atoms with Crippen molar-refractivity contribution in [1.29, 1.82) is 0 Å². The molecule has 3 heterocycles. The van der Waals surface area contributed by atoms with Gasteiger partial charge in [0, 0.05) is 55.4 Å². The Labute approximate surface area is 340 Å². The maximum atomic E-state index is 12.6. The fourth-order valence-electron chi connectivity index (χ4n) is 6.12. The molecule has 4 rings (SSSR count). The molecule has 0 spiro atoms. The third kappa shape index (κ3) is 12.7. The van der Waals surface area contributed by atoms with Crippen LogP contribution < -0.4 is 10.6 Å². The maximum Gasteiger partial charge on any atom is 0.303 e. The Bertz CT molecular complexity index is 1770. The molecule has 0 bridgehead atoms. The molecule has 20 nitrogen and oxygen atoms in total. The van der Waals surface area contributed by atoms with E-state index in [-0.39, 0.29) is 10.1 Å². The van der Waals surface area contributed by atoms with Crippen molar-refractivity contribution in [3.63, 3.8) is 0 Å². The van der Waals surface area contributed by atoms with Gasteiger partial charge in [0.05, 0.1) is 11.0 Å². The Morgan fingerprint density at radius 2 is 0.862 bits per heavy atom. The van der Waals surface area contributed by atoms with Gasteiger partial charge in [-0.2, -0.15) is 0 Å². The van der Waals surface area contributed by atoms with Crippen molar-refractivity contribution in [2.45, 2.75) is 125 Å². The van der Waals surface area contributed by atoms with Crippen LogP contribution in [0.4, 0.5) is 0 Å². The monoisotopic (exact) mass is 852 g/mol. The van der Waals surface area contributed by atoms with Gasteiger partial charge >= 0.3 is 35.8 Å². The average molecular weight is 853 g/mol. The number of nitrogens with one attached hydrogen (secondary N) is 2. The van der Waals surface area contributed by atoms with Gasteiger partial charge in [0.15, 0.2) is 24.4 Å². The molecule has 22 heteroatoms. The molecular weight excluding hydrogens is 809 g/mol. The zero-order valence-electron chi connectivity index (χ0n) is 32.7. The normalized spacial score (nSPS) is 26.6. The van der Waals surface area contributed by atoms with Crippen molar-refractivity contribution in [3.05, 3.63) is 24.3 Å². The van der Waals surface area contributed by atoms with E-state index in [9.17, 15) is 38.4 Å². The van der Waals surface area contributed by atoms with E-state index in [1.165, 1.54) is 13.8 Å². The molecule has 2 aromatic rings. The summed E-state index contributed by atoms with van der Waals surface area (Å²) in [6.07, 6.45) is -7.87. The van der Waals surface area contributed by atoms with Gasteiger partial charge in [0.1, 0.15) is 58.4 Å². The lowest BCUT2D eigenvalue weighted by Gasteiger charge is -2.45. The summed E-state index contributed by atoms with van der Waals surface area (Å²) in [6, 6.07) is 4.39. The molecule has 2 aliphatic rings. The Morgan fingerprint density at radius 3 is 1.16 bits per heavy atom. The van der Waals surface area contributed by atoms with E-state index in [2.05, 4.69) is 10.6 Å². The molecule has 2 N–H and O–H groups in total. The zero-order valence-corrected chi connectivity index (χ0v) is 34.4. The molecule has 0 aliphatic carbocycles. The number of ether oxygens (including phenoxy) is 8. The summed E-state index contributed by atoms with van der Waals surface area (Å²) in [6.45, 7) is 8.34. The molecule has 2 aliphatic heterocycles. The SMILES string of the molecule is CC(=O)N[C@@H]1[C@@H](OC(C)=O)[C@H](OC(C)=O)[C@@H](COC(C)=O)O[C@H]1Sc1nc2ccccc2nc1S[C@@H]1O[C@H](COC(C)=O)[C@@H](OC(C)=O)[C@H](OC(C)=O)[C@H]1NC(C)=O. The maximum absolute atomic E-state index is 12.6. The van der Waals surface area contributed by atoms with Crippen molar-refractivity contribution >= 4 is 82.2 Å². The van der Waals surface area contributed by atoms with Crippen LogP contribution in [0.1, 0.15) is 55.4 Å². The van der Waals surface area contributed by atoms with Crippen LogP contribution in [0.2, 0.25) is 0 Å². The molecule has 2 fully saturated rings. The highest BCUT2D eigenvalue weighted by Gasteiger charge is 2.53. The Balaban J connectivity index is 1.87. The van der Waals surface area contributed by atoms with Gasteiger partial charge in [-0.3, -0.25) is 38.4 Å². The van der Waals surface area contributed by atoms with Crippen molar-refractivity contribution in [1.82, 2.24) is 20.6 Å². The second kappa shape index (κ2) is 20.6. The minimum Gasteiger partial charge on any atom is -0.463 e. The second-order valence-corrected chi connectivity index (χ2v) is 15.2. The quantitative estimate of drug-likeness (QED) is 0.199. The van der Waals surface area contributed by atoms with E-state index in [0.717, 1.165) is 65.1 Å². The average Bonchev–Trinajstić information content (AvgIpc) is 3.10. The molecule has 0 saturated carbocycles. The van der Waals surface area contributed by atoms with Crippen LogP contribution in [0, 0.1) is 0 Å². The minimum atomic E-state index is -1.36. The van der Waals surface area contributed by atoms with Gasteiger partial charge < -0.3 is 48.5 Å². The number of carbonyl (C=O) groups excluding carboxylic acids is 8. The predicted octanol–water partition coefficient (Wildman–Crippen LogP) is 1.13. The van der Waals surface area contributed by atoms with Crippen LogP contribution in [0.25, 0.3) is 11.0 Å². The summed E-state index contributed by atoms with van der Waals surface area (Å²) >= 11 is 1.83. The predicted molar refractivity (Wildman–Crippen MR) is 199 cm³/mol. The Morgan fingerprint density at radius 1 is 0.534 bits per heavy atom. The number of thioether (sulfide) groups is 2. The number of amides is 2. The van der Waals surface area contributed by atoms with E-state index in [4.69, 9.17) is 47.9 Å². The summed E-state index contributed by atoms with van der Waals surface area (Å²) in [5.74, 6) is -5.62. The van der Waals surface area contributed by atoms with Gasteiger partial charge in [0.2, 0.25) is 11.8 Å². The highest BCUT2D eigenvalue weighted by atomic mass is 32.2. The van der Waals surface area contributed by atoms with Crippen molar-refractivity contribution < 1.29 is 76.3 Å². The zero-order chi connectivity index (χ0) is 42.8. The first-order chi connectivity index (χ1) is 27.3. The highest BCUT2D eigenvalue weighted by molar-refractivity contribution is 8.02. The number of para-hydroxylation sites is 2. The number of rotatable bonds is 14. The standard InChI is InChI=1S/C36H44N4O16S2/c1-15(41)37-27-31(53-21(7)47)29(51-19(5)45)25(13-49-17(3)43)55-35(27)57-33-34(40-24-12-10-9-11-23(24)39-33)58-36-28(38-16(2)42)32(54-22(8)48)30(52-20(6)46)26(56-36)14-50-18(4)44/h9-12,25-32,35-36H,13-14H2,1-8H3,(H,37,41)(H,38,42)/t25-,26-,27-,28-,29-,30-,31-,32-,35+,36+/m1/s1. The van der Waals surface area contributed by atoms with Crippen LogP contribution in [0.15, 0.2) is 34.3 Å². The van der Waals surface area contributed by atoms with E-state index >= 15 is 0 Å². The second-order valence-electron chi connectivity index (χ2n) is 13.0. The minimum absolute atomic E-state index is 0.149. The number of hydrogen-bond acceptors (Lipinski definition) is 20. The largest absolute Gasteiger partial charge is 0.463 e. The van der Waals surface area contributed by atoms with Crippen molar-refractivity contribution in [2.24, 2.45) is 0 Å². The van der Waals surface area contributed by atoms with Gasteiger partial charge in [-0.25, -0.2) is 9.97 Å². The summed E-state index contributed by atoms with van der Waals surface area (Å²) in [5.41, 5.74) is -1.58. The lowest BCUT2D eigenvalue weighted by Crippen LogP contribution is -2.65. The lowest BCUT2D eigenvalue weighted by molar-refractivity contribution is -0.212. The van der Waals surface area contributed by atoms with E-state index in [1.54, 1.807) is 24.3 Å². The first kappa shape index (κ1) is 45.6. The number of nitrogens with zero attached hydrogens (tertiary/aromatic N) is 2. The van der Waals surface area contributed by atoms with E-state index in [0.29, 0.717) is 11.0 Å². The molecule has 58 heavy (non-hydrogen) atoms. The molecule has 2 amide bonds. The summed E-state index contributed by atoms with van der Waals surface area (Å²) in [5, 5.41) is 5.73. The van der Waals surface area contributed by atoms with E-state index in [1.807, 2.05) is 0 Å². The van der Waals surface area contributed by atoms with Crippen LogP contribution >= 0.6 is 23.5 Å². The lowest BCUT2D eigenvalue weighted by atomic mass is 9.97. The number of aromatic nitrogens is 2. The van der Waals surface area contributed by atoms with Gasteiger partial charge in [-0.1, -0.05) is 35.7 Å². The number of hydrogen-bond donors (Lipinski definition) is 2. The summed E-state index contributed by atoms with van der Waals surface area (Å²) in [4.78, 5) is 108. The smallest absolute Gasteiger partial charge is 0.303 e. The first-order valence-electron chi connectivity index (χ1n) is 17.7. The van der Waals surface area contributed by atoms with Crippen molar-refractivity contribution in [3.8, 4) is 0 Å². The summed E-state index contributed by atoms with van der Waals surface area (Å²) < 4.78 is 45.6. The van der Waals surface area contributed by atoms with Crippen LogP contribution in [0.5, 0.6) is 0 Å². The molecule has 0 radical (unpaired) electrons. The topological polar surface area (TPSA) is 260 Å². The van der Waals surface area contributed by atoms with Gasteiger partial charge in [-0.05, 0) is 12.1 Å². The van der Waals surface area contributed by atoms with Crippen molar-refractivity contribution in [2.75, 3.05) is 13.2 Å². The van der Waals surface area contributed by atoms with Crippen LogP contribution in [-0.4, -0.2) is 130 Å². The third-order valence-corrected chi connectivity index (χ3v) is 10.5. The van der Waals surface area contributed by atoms with E-state index < -0.39 is 120 Å². The molecule has 10 atom stereocenters. The van der Waals surface area contributed by atoms with Gasteiger partial charge in [0.25, 0.3) is 0 Å². The molecule has 316 valence electrons. The number of carbonyl (C=O) groups is 8. The fourth-order valence-corrected chi connectivity index (χ4v) is 8.58.